The standard InChI is InChI=1S/C20H20N2O3S/c1-15-18-6-2-3-7-19(18)20(23)22(15)14-16-8-10-17(11-9-16)26(24,25)21-12-4-5-13-21/h2-3,6-11H,1,4-5,12-14H2. The van der Waals surface area contributed by atoms with Crippen LogP contribution >= 0.6 is 0 Å². The van der Waals surface area contributed by atoms with Gasteiger partial charge in [-0.2, -0.15) is 4.31 Å². The maximum Gasteiger partial charge on any atom is 0.259 e. The van der Waals surface area contributed by atoms with Gasteiger partial charge in [-0.3, -0.25) is 4.79 Å². The summed E-state index contributed by atoms with van der Waals surface area (Å²) in [6, 6.07) is 14.2. The van der Waals surface area contributed by atoms with Gasteiger partial charge in [-0.05, 0) is 36.6 Å². The third kappa shape index (κ3) is 2.75. The molecule has 5 nitrogen and oxygen atoms in total. The fourth-order valence-electron chi connectivity index (χ4n) is 3.53. The van der Waals surface area contributed by atoms with Gasteiger partial charge in [0.15, 0.2) is 0 Å². The Morgan fingerprint density at radius 3 is 2.15 bits per heavy atom. The first-order valence-corrected chi connectivity index (χ1v) is 10.1. The molecule has 2 aromatic rings. The fourth-order valence-corrected chi connectivity index (χ4v) is 5.05. The lowest BCUT2D eigenvalue weighted by molar-refractivity contribution is 0.0843. The van der Waals surface area contributed by atoms with E-state index in [-0.39, 0.29) is 5.91 Å². The van der Waals surface area contributed by atoms with E-state index in [4.69, 9.17) is 0 Å². The van der Waals surface area contributed by atoms with Gasteiger partial charge < -0.3 is 4.90 Å². The summed E-state index contributed by atoms with van der Waals surface area (Å²) in [5.41, 5.74) is 3.06. The number of nitrogens with zero attached hydrogens (tertiary/aromatic N) is 2. The van der Waals surface area contributed by atoms with Crippen LogP contribution in [0.5, 0.6) is 0 Å². The molecule has 0 bridgehead atoms. The molecule has 2 heterocycles. The third-order valence-electron chi connectivity index (χ3n) is 5.01. The normalized spacial score (nSPS) is 17.8. The minimum Gasteiger partial charge on any atom is -0.304 e. The molecule has 0 aromatic heterocycles. The highest BCUT2D eigenvalue weighted by molar-refractivity contribution is 7.89. The molecule has 0 atom stereocenters. The molecule has 4 rings (SSSR count). The third-order valence-corrected chi connectivity index (χ3v) is 6.92. The number of rotatable bonds is 4. The summed E-state index contributed by atoms with van der Waals surface area (Å²) >= 11 is 0. The smallest absolute Gasteiger partial charge is 0.259 e. The van der Waals surface area contributed by atoms with Crippen LogP contribution in [0.3, 0.4) is 0 Å². The molecular weight excluding hydrogens is 348 g/mol. The Morgan fingerprint density at radius 1 is 0.923 bits per heavy atom. The average Bonchev–Trinajstić information content (AvgIpc) is 3.27. The molecule has 2 aliphatic heterocycles. The van der Waals surface area contributed by atoms with Crippen molar-refractivity contribution in [3.05, 3.63) is 71.8 Å². The largest absolute Gasteiger partial charge is 0.304 e. The predicted octanol–water partition coefficient (Wildman–Crippen LogP) is 3.10. The molecule has 0 spiro atoms. The van der Waals surface area contributed by atoms with Gasteiger partial charge in [-0.25, -0.2) is 8.42 Å². The van der Waals surface area contributed by atoms with Gasteiger partial charge in [0.25, 0.3) is 5.91 Å². The van der Waals surface area contributed by atoms with Crippen molar-refractivity contribution < 1.29 is 13.2 Å². The van der Waals surface area contributed by atoms with Crippen LogP contribution in [0.15, 0.2) is 60.0 Å². The van der Waals surface area contributed by atoms with Crippen LogP contribution in [0.25, 0.3) is 5.70 Å². The maximum atomic E-state index is 12.6. The quantitative estimate of drug-likeness (QED) is 0.833. The number of carbonyl (C=O) groups excluding carboxylic acids is 1. The van der Waals surface area contributed by atoms with Crippen molar-refractivity contribution in [3.63, 3.8) is 0 Å². The van der Waals surface area contributed by atoms with Crippen LogP contribution < -0.4 is 0 Å². The molecule has 2 aliphatic rings. The highest BCUT2D eigenvalue weighted by Gasteiger charge is 2.31. The van der Waals surface area contributed by atoms with Gasteiger partial charge in [0.2, 0.25) is 10.0 Å². The van der Waals surface area contributed by atoms with E-state index in [1.54, 1.807) is 35.2 Å². The first-order chi connectivity index (χ1) is 12.5. The summed E-state index contributed by atoms with van der Waals surface area (Å²) in [6.45, 7) is 5.58. The Bertz CT molecular complexity index is 939. The van der Waals surface area contributed by atoms with Gasteiger partial charge >= 0.3 is 0 Å². The molecule has 1 saturated heterocycles. The molecule has 1 amide bonds. The van der Waals surface area contributed by atoms with E-state index >= 15 is 0 Å². The minimum absolute atomic E-state index is 0.0700. The second-order valence-electron chi connectivity index (χ2n) is 6.64. The highest BCUT2D eigenvalue weighted by Crippen LogP contribution is 2.32. The zero-order valence-electron chi connectivity index (χ0n) is 14.4. The number of carbonyl (C=O) groups is 1. The number of benzene rings is 2. The summed E-state index contributed by atoms with van der Waals surface area (Å²) in [5, 5.41) is 0. The Kier molecular flexibility index (Phi) is 4.17. The van der Waals surface area contributed by atoms with Crippen LogP contribution in [0.1, 0.15) is 34.3 Å². The van der Waals surface area contributed by atoms with Crippen LogP contribution in [0.2, 0.25) is 0 Å². The molecule has 0 aliphatic carbocycles. The summed E-state index contributed by atoms with van der Waals surface area (Å²) in [4.78, 5) is 14.5. The Hall–Kier alpha value is -2.44. The van der Waals surface area contributed by atoms with E-state index in [9.17, 15) is 13.2 Å². The van der Waals surface area contributed by atoms with Crippen LogP contribution in [-0.2, 0) is 16.6 Å². The second kappa shape index (κ2) is 6.37. The second-order valence-corrected chi connectivity index (χ2v) is 8.58. The van der Waals surface area contributed by atoms with Crippen molar-refractivity contribution in [1.29, 1.82) is 0 Å². The molecular formula is C20H20N2O3S. The monoisotopic (exact) mass is 368 g/mol. The first-order valence-electron chi connectivity index (χ1n) is 8.68. The molecule has 0 unspecified atom stereocenters. The van der Waals surface area contributed by atoms with Gasteiger partial charge in [0, 0.05) is 29.9 Å². The number of amides is 1. The number of hydrogen-bond donors (Lipinski definition) is 0. The molecule has 6 heteroatoms. The zero-order valence-corrected chi connectivity index (χ0v) is 15.2. The molecule has 0 N–H and O–H groups in total. The van der Waals surface area contributed by atoms with Crippen LogP contribution in [0, 0.1) is 0 Å². The average molecular weight is 368 g/mol. The maximum absolute atomic E-state index is 12.6. The SMILES string of the molecule is C=C1c2ccccc2C(=O)N1Cc1ccc(S(=O)(=O)N2CCCC2)cc1. The van der Waals surface area contributed by atoms with Crippen molar-refractivity contribution in [2.45, 2.75) is 24.3 Å². The number of sulfonamides is 1. The highest BCUT2D eigenvalue weighted by atomic mass is 32.2. The van der Waals surface area contributed by atoms with Gasteiger partial charge in [0.1, 0.15) is 0 Å². The van der Waals surface area contributed by atoms with Gasteiger partial charge in [-0.15, -0.1) is 0 Å². The van der Waals surface area contributed by atoms with Crippen LogP contribution in [-0.4, -0.2) is 36.6 Å². The first kappa shape index (κ1) is 17.0. The van der Waals surface area contributed by atoms with Crippen molar-refractivity contribution >= 4 is 21.6 Å². The van der Waals surface area contributed by atoms with Gasteiger partial charge in [-0.1, -0.05) is 36.9 Å². The molecule has 0 radical (unpaired) electrons. The van der Waals surface area contributed by atoms with Crippen LogP contribution in [0.4, 0.5) is 0 Å². The minimum atomic E-state index is -3.41. The van der Waals surface area contributed by atoms with E-state index < -0.39 is 10.0 Å². The van der Waals surface area contributed by atoms with E-state index in [0.717, 1.165) is 24.0 Å². The van der Waals surface area contributed by atoms with Crippen molar-refractivity contribution in [2.75, 3.05) is 13.1 Å². The lowest BCUT2D eigenvalue weighted by Gasteiger charge is -2.18. The molecule has 26 heavy (non-hydrogen) atoms. The van der Waals surface area contributed by atoms with Crippen molar-refractivity contribution in [3.8, 4) is 0 Å². The fraction of sp³-hybridized carbons (Fsp3) is 0.250. The Labute approximate surface area is 153 Å². The zero-order chi connectivity index (χ0) is 18.3. The number of hydrogen-bond acceptors (Lipinski definition) is 3. The molecule has 2 aromatic carbocycles. The van der Waals surface area contributed by atoms with Crippen molar-refractivity contribution in [1.82, 2.24) is 9.21 Å². The lowest BCUT2D eigenvalue weighted by Crippen LogP contribution is -2.27. The van der Waals surface area contributed by atoms with E-state index in [2.05, 4.69) is 6.58 Å². The predicted molar refractivity (Wildman–Crippen MR) is 99.8 cm³/mol. The van der Waals surface area contributed by atoms with Crippen molar-refractivity contribution in [2.24, 2.45) is 0 Å². The molecule has 1 fully saturated rings. The Morgan fingerprint density at radius 2 is 1.54 bits per heavy atom. The van der Waals surface area contributed by atoms with E-state index in [1.165, 1.54) is 4.31 Å². The summed E-state index contributed by atoms with van der Waals surface area (Å²) in [6.07, 6.45) is 1.83. The topological polar surface area (TPSA) is 57.7 Å². The summed E-state index contributed by atoms with van der Waals surface area (Å²) in [7, 11) is -3.41. The lowest BCUT2D eigenvalue weighted by atomic mass is 10.1. The molecule has 134 valence electrons. The Balaban J connectivity index is 1.54. The molecule has 0 saturated carbocycles. The van der Waals surface area contributed by atoms with Gasteiger partial charge in [0.05, 0.1) is 11.4 Å². The summed E-state index contributed by atoms with van der Waals surface area (Å²) in [5.74, 6) is -0.0700. The van der Waals surface area contributed by atoms with E-state index in [0.29, 0.717) is 35.8 Å². The number of fused-ring (bicyclic) bond motifs is 1. The van der Waals surface area contributed by atoms with E-state index in [1.807, 2.05) is 18.2 Å². The summed E-state index contributed by atoms with van der Waals surface area (Å²) < 4.78 is 26.7.